The van der Waals surface area contributed by atoms with E-state index in [4.69, 9.17) is 21.1 Å². The quantitative estimate of drug-likeness (QED) is 0.142. The molecule has 0 spiro atoms. The Morgan fingerprint density at radius 1 is 0.774 bits per heavy atom. The molecule has 0 amide bonds. The summed E-state index contributed by atoms with van der Waals surface area (Å²) in [5.74, 6) is -0.343. The zero-order chi connectivity index (χ0) is 21.1. The minimum Gasteiger partial charge on any atom is -0.344 e. The second-order valence-corrected chi connectivity index (χ2v) is 10.5. The summed E-state index contributed by atoms with van der Waals surface area (Å²) in [7, 11) is 0. The van der Waals surface area contributed by atoms with Crippen molar-refractivity contribution in [2.24, 2.45) is 0 Å². The van der Waals surface area contributed by atoms with Crippen LogP contribution < -0.4 is 0 Å². The van der Waals surface area contributed by atoms with E-state index >= 15 is 0 Å². The SMILES string of the molecule is CC1(C)OC2C3C=CC(c4c3c(Cl)c3cc5c(ccc6ccccc65)cc3c4Br)C2O1. The highest BCUT2D eigenvalue weighted by Gasteiger charge is 2.55. The lowest BCUT2D eigenvalue weighted by Crippen LogP contribution is -2.41. The molecular formula is C27H20BrClO2. The van der Waals surface area contributed by atoms with Crippen molar-refractivity contribution in [3.63, 3.8) is 0 Å². The lowest BCUT2D eigenvalue weighted by Gasteiger charge is -2.42. The number of hydrogen-bond acceptors (Lipinski definition) is 2. The fourth-order valence-electron chi connectivity index (χ4n) is 5.95. The van der Waals surface area contributed by atoms with Gasteiger partial charge in [0.25, 0.3) is 0 Å². The van der Waals surface area contributed by atoms with Gasteiger partial charge in [0.1, 0.15) is 0 Å². The van der Waals surface area contributed by atoms with Crippen molar-refractivity contribution in [2.45, 2.75) is 43.7 Å². The molecule has 1 saturated heterocycles. The third-order valence-electron chi connectivity index (χ3n) is 7.18. The van der Waals surface area contributed by atoms with Crippen LogP contribution in [0.15, 0.2) is 65.2 Å². The van der Waals surface area contributed by atoms with Crippen LogP contribution in [-0.4, -0.2) is 18.0 Å². The van der Waals surface area contributed by atoms with Crippen molar-refractivity contribution in [1.29, 1.82) is 0 Å². The molecule has 4 atom stereocenters. The molecule has 0 radical (unpaired) electrons. The third-order valence-corrected chi connectivity index (χ3v) is 8.44. The number of rotatable bonds is 0. The van der Waals surface area contributed by atoms with Crippen molar-refractivity contribution in [1.82, 2.24) is 0 Å². The van der Waals surface area contributed by atoms with Gasteiger partial charge in [-0.05, 0) is 80.0 Å². The lowest BCUT2D eigenvalue weighted by atomic mass is 9.67. The molecule has 0 N–H and O–H groups in total. The fourth-order valence-corrected chi connectivity index (χ4v) is 7.14. The summed E-state index contributed by atoms with van der Waals surface area (Å²) in [6, 6.07) is 17.5. The van der Waals surface area contributed by atoms with Crippen LogP contribution in [0.2, 0.25) is 5.02 Å². The van der Waals surface area contributed by atoms with E-state index in [2.05, 4.69) is 76.6 Å². The van der Waals surface area contributed by atoms with E-state index < -0.39 is 5.79 Å². The van der Waals surface area contributed by atoms with Crippen molar-refractivity contribution in [3.05, 3.63) is 81.3 Å². The molecule has 154 valence electrons. The molecule has 4 aliphatic rings. The van der Waals surface area contributed by atoms with Crippen molar-refractivity contribution in [3.8, 4) is 0 Å². The van der Waals surface area contributed by atoms with Crippen LogP contribution in [0.25, 0.3) is 32.3 Å². The molecule has 0 aromatic heterocycles. The summed E-state index contributed by atoms with van der Waals surface area (Å²) in [5, 5.41) is 8.03. The number of benzene rings is 4. The highest BCUT2D eigenvalue weighted by atomic mass is 79.9. The Morgan fingerprint density at radius 3 is 2.23 bits per heavy atom. The molecule has 3 aliphatic carbocycles. The van der Waals surface area contributed by atoms with Crippen LogP contribution in [0.3, 0.4) is 0 Å². The van der Waals surface area contributed by atoms with E-state index in [1.807, 2.05) is 13.8 Å². The summed E-state index contributed by atoms with van der Waals surface area (Å²) >= 11 is 11.2. The molecule has 4 aromatic rings. The van der Waals surface area contributed by atoms with Crippen LogP contribution in [0.5, 0.6) is 0 Å². The molecule has 0 saturated carbocycles. The van der Waals surface area contributed by atoms with Gasteiger partial charge in [0.05, 0.1) is 17.2 Å². The fraction of sp³-hybridized carbons (Fsp3) is 0.259. The molecule has 4 heteroatoms. The summed E-state index contributed by atoms with van der Waals surface area (Å²) < 4.78 is 13.8. The molecule has 4 aromatic carbocycles. The Morgan fingerprint density at radius 2 is 1.45 bits per heavy atom. The van der Waals surface area contributed by atoms with Crippen LogP contribution in [0, 0.1) is 0 Å². The summed E-state index contributed by atoms with van der Waals surface area (Å²) in [6.07, 6.45) is 4.56. The van der Waals surface area contributed by atoms with Crippen molar-refractivity contribution >= 4 is 59.8 Å². The monoisotopic (exact) mass is 490 g/mol. The number of ether oxygens (including phenoxy) is 2. The van der Waals surface area contributed by atoms with Crippen LogP contribution in [-0.2, 0) is 9.47 Å². The van der Waals surface area contributed by atoms with Gasteiger partial charge in [-0.15, -0.1) is 0 Å². The number of fused-ring (bicyclic) bond motifs is 4. The highest BCUT2D eigenvalue weighted by molar-refractivity contribution is 9.10. The Hall–Kier alpha value is -1.91. The molecule has 8 rings (SSSR count). The van der Waals surface area contributed by atoms with Crippen LogP contribution >= 0.6 is 27.5 Å². The van der Waals surface area contributed by atoms with Crippen molar-refractivity contribution in [2.75, 3.05) is 0 Å². The minimum absolute atomic E-state index is 0.000589. The van der Waals surface area contributed by atoms with Crippen LogP contribution in [0.4, 0.5) is 0 Å². The summed E-state index contributed by atoms with van der Waals surface area (Å²) in [6.45, 7) is 4.00. The minimum atomic E-state index is -0.578. The first-order valence-corrected chi connectivity index (χ1v) is 11.9. The Labute approximate surface area is 193 Å². The van der Waals surface area contributed by atoms with E-state index in [0.717, 1.165) is 20.3 Å². The molecule has 2 nitrogen and oxygen atoms in total. The lowest BCUT2D eigenvalue weighted by molar-refractivity contribution is -0.146. The van der Waals surface area contributed by atoms with Gasteiger partial charge in [0, 0.05) is 21.7 Å². The van der Waals surface area contributed by atoms with E-state index in [9.17, 15) is 0 Å². The predicted octanol–water partition coefficient (Wildman–Crippen LogP) is 7.83. The first kappa shape index (κ1) is 18.6. The molecule has 4 unspecified atom stereocenters. The van der Waals surface area contributed by atoms with Crippen LogP contribution in [0.1, 0.15) is 36.8 Å². The number of hydrogen-bond donors (Lipinski definition) is 0. The zero-order valence-electron chi connectivity index (χ0n) is 17.2. The van der Waals surface area contributed by atoms with Gasteiger partial charge in [-0.1, -0.05) is 60.2 Å². The molecular weight excluding hydrogens is 472 g/mol. The average molecular weight is 492 g/mol. The average Bonchev–Trinajstić information content (AvgIpc) is 3.12. The third kappa shape index (κ3) is 2.41. The molecule has 1 aliphatic heterocycles. The number of halogens is 2. The normalized spacial score (nSPS) is 27.9. The van der Waals surface area contributed by atoms with Crippen molar-refractivity contribution < 1.29 is 9.47 Å². The first-order valence-electron chi connectivity index (χ1n) is 10.7. The van der Waals surface area contributed by atoms with Gasteiger partial charge >= 0.3 is 0 Å². The molecule has 1 heterocycles. The standard InChI is InChI=1S/C27H20BrClO2/c1-27(2)30-25-16-9-10-17(26(25)31-27)22-21(16)23(28)19-11-14-8-7-13-5-3-4-6-15(13)18(14)12-20(19)24(22)29/h3-12,16-17,25-26H,1-2H3. The maximum atomic E-state index is 7.19. The second kappa shape index (κ2) is 6.11. The maximum Gasteiger partial charge on any atom is 0.163 e. The Balaban J connectivity index is 1.56. The summed E-state index contributed by atoms with van der Waals surface area (Å²) in [5.41, 5.74) is 2.45. The topological polar surface area (TPSA) is 18.5 Å². The van der Waals surface area contributed by atoms with Gasteiger partial charge in [0.2, 0.25) is 0 Å². The maximum absolute atomic E-state index is 7.19. The van der Waals surface area contributed by atoms with Gasteiger partial charge in [-0.3, -0.25) is 0 Å². The largest absolute Gasteiger partial charge is 0.344 e. The molecule has 1 fully saturated rings. The predicted molar refractivity (Wildman–Crippen MR) is 130 cm³/mol. The molecule has 2 bridgehead atoms. The smallest absolute Gasteiger partial charge is 0.163 e. The van der Waals surface area contributed by atoms with Gasteiger partial charge in [-0.25, -0.2) is 0 Å². The van der Waals surface area contributed by atoms with E-state index in [0.29, 0.717) is 0 Å². The summed E-state index contributed by atoms with van der Waals surface area (Å²) in [4.78, 5) is 0. The van der Waals surface area contributed by atoms with Gasteiger partial charge < -0.3 is 9.47 Å². The molecule has 31 heavy (non-hydrogen) atoms. The highest BCUT2D eigenvalue weighted by Crippen LogP contribution is 2.58. The van der Waals surface area contributed by atoms with E-state index in [1.165, 1.54) is 32.7 Å². The van der Waals surface area contributed by atoms with E-state index in [1.54, 1.807) is 0 Å². The zero-order valence-corrected chi connectivity index (χ0v) is 19.5. The van der Waals surface area contributed by atoms with Gasteiger partial charge in [-0.2, -0.15) is 0 Å². The Bertz CT molecular complexity index is 1470. The van der Waals surface area contributed by atoms with Gasteiger partial charge in [0.15, 0.2) is 5.79 Å². The van der Waals surface area contributed by atoms with E-state index in [-0.39, 0.29) is 24.0 Å². The Kier molecular flexibility index (Phi) is 3.67. The first-order chi connectivity index (χ1) is 14.9. The second-order valence-electron chi connectivity index (χ2n) is 9.36.